The van der Waals surface area contributed by atoms with Crippen LogP contribution in [0.4, 0.5) is 5.13 Å². The quantitative estimate of drug-likeness (QED) is 0.812. The summed E-state index contributed by atoms with van der Waals surface area (Å²) in [6, 6.07) is 0. The summed E-state index contributed by atoms with van der Waals surface area (Å²) in [7, 11) is 0. The molecule has 0 radical (unpaired) electrons. The smallest absolute Gasteiger partial charge is 0.325 e. The molecular formula is C10H14N6O2S. The molecule has 0 amide bonds. The summed E-state index contributed by atoms with van der Waals surface area (Å²) < 4.78 is 5.50. The standard InChI is InChI=1S/C10H14N6O2S/c1-6(2)9-12-10(19-14-9)11-3-7-4-16(15-13-7)5-8(17)18/h4,6H,3,5H2,1-2H3,(H,17,18)(H,11,12,14). The minimum absolute atomic E-state index is 0.191. The zero-order chi connectivity index (χ0) is 13.8. The van der Waals surface area contributed by atoms with Crippen molar-refractivity contribution in [3.05, 3.63) is 17.7 Å². The van der Waals surface area contributed by atoms with Crippen LogP contribution >= 0.6 is 11.5 Å². The van der Waals surface area contributed by atoms with Gasteiger partial charge in [0.1, 0.15) is 18.1 Å². The van der Waals surface area contributed by atoms with Crippen molar-refractivity contribution in [2.45, 2.75) is 32.9 Å². The molecule has 102 valence electrons. The minimum Gasteiger partial charge on any atom is -0.480 e. The maximum absolute atomic E-state index is 10.5. The Balaban J connectivity index is 1.90. The summed E-state index contributed by atoms with van der Waals surface area (Å²) in [5.74, 6) is 0.153. The van der Waals surface area contributed by atoms with Crippen LogP contribution in [0.5, 0.6) is 0 Å². The summed E-state index contributed by atoms with van der Waals surface area (Å²) in [5.41, 5.74) is 0.655. The van der Waals surface area contributed by atoms with E-state index in [-0.39, 0.29) is 6.54 Å². The SMILES string of the molecule is CC(C)c1nsc(NCc2cn(CC(=O)O)nn2)n1. The molecule has 8 nitrogen and oxygen atoms in total. The molecule has 19 heavy (non-hydrogen) atoms. The highest BCUT2D eigenvalue weighted by molar-refractivity contribution is 7.09. The zero-order valence-electron chi connectivity index (χ0n) is 10.6. The second-order valence-corrected chi connectivity index (χ2v) is 5.02. The van der Waals surface area contributed by atoms with Gasteiger partial charge in [-0.3, -0.25) is 4.79 Å². The van der Waals surface area contributed by atoms with E-state index >= 15 is 0 Å². The summed E-state index contributed by atoms with van der Waals surface area (Å²) in [6.45, 7) is 4.31. The van der Waals surface area contributed by atoms with Crippen molar-refractivity contribution in [3.8, 4) is 0 Å². The van der Waals surface area contributed by atoms with Gasteiger partial charge in [0.05, 0.1) is 12.7 Å². The number of anilines is 1. The van der Waals surface area contributed by atoms with Crippen LogP contribution in [0.3, 0.4) is 0 Å². The van der Waals surface area contributed by atoms with Crippen molar-refractivity contribution in [2.75, 3.05) is 5.32 Å². The molecule has 0 aliphatic rings. The van der Waals surface area contributed by atoms with Gasteiger partial charge in [-0.2, -0.15) is 4.37 Å². The average molecular weight is 282 g/mol. The average Bonchev–Trinajstić information content (AvgIpc) is 2.94. The maximum Gasteiger partial charge on any atom is 0.325 e. The highest BCUT2D eigenvalue weighted by Crippen LogP contribution is 2.17. The van der Waals surface area contributed by atoms with Gasteiger partial charge in [0.2, 0.25) is 5.13 Å². The summed E-state index contributed by atoms with van der Waals surface area (Å²) in [6.07, 6.45) is 1.59. The van der Waals surface area contributed by atoms with E-state index in [1.807, 2.05) is 13.8 Å². The number of nitrogens with one attached hydrogen (secondary N) is 1. The third-order valence-electron chi connectivity index (χ3n) is 2.26. The molecule has 0 unspecified atom stereocenters. The summed E-state index contributed by atoms with van der Waals surface area (Å²) in [4.78, 5) is 14.8. The lowest BCUT2D eigenvalue weighted by atomic mass is 10.2. The molecule has 0 aliphatic heterocycles. The van der Waals surface area contributed by atoms with E-state index < -0.39 is 5.97 Å². The molecule has 0 aliphatic carbocycles. The Hall–Kier alpha value is -2.03. The Morgan fingerprint density at radius 1 is 1.58 bits per heavy atom. The van der Waals surface area contributed by atoms with Gasteiger partial charge >= 0.3 is 5.97 Å². The lowest BCUT2D eigenvalue weighted by molar-refractivity contribution is -0.137. The van der Waals surface area contributed by atoms with Gasteiger partial charge in [-0.05, 0) is 0 Å². The Bertz CT molecular complexity index is 564. The molecule has 0 atom stereocenters. The van der Waals surface area contributed by atoms with Crippen LogP contribution < -0.4 is 5.32 Å². The number of rotatable bonds is 6. The van der Waals surface area contributed by atoms with Gasteiger partial charge in [-0.15, -0.1) is 5.10 Å². The number of carbonyl (C=O) groups is 1. The topological polar surface area (TPSA) is 106 Å². The van der Waals surface area contributed by atoms with E-state index in [1.54, 1.807) is 6.20 Å². The van der Waals surface area contributed by atoms with E-state index in [9.17, 15) is 4.79 Å². The first-order valence-corrected chi connectivity index (χ1v) is 6.50. The Morgan fingerprint density at radius 3 is 3.00 bits per heavy atom. The van der Waals surface area contributed by atoms with E-state index in [0.29, 0.717) is 18.2 Å². The monoisotopic (exact) mass is 282 g/mol. The van der Waals surface area contributed by atoms with Gasteiger partial charge in [0.25, 0.3) is 0 Å². The fourth-order valence-corrected chi connectivity index (χ4v) is 2.05. The van der Waals surface area contributed by atoms with E-state index in [4.69, 9.17) is 5.11 Å². The van der Waals surface area contributed by atoms with Crippen LogP contribution in [-0.4, -0.2) is 35.4 Å². The highest BCUT2D eigenvalue weighted by Gasteiger charge is 2.08. The second-order valence-electron chi connectivity index (χ2n) is 4.27. The van der Waals surface area contributed by atoms with Crippen molar-refractivity contribution in [1.82, 2.24) is 24.4 Å². The molecule has 2 N–H and O–H groups in total. The van der Waals surface area contributed by atoms with Crippen LogP contribution in [0, 0.1) is 0 Å². The van der Waals surface area contributed by atoms with Crippen LogP contribution in [0.15, 0.2) is 6.20 Å². The first-order chi connectivity index (χ1) is 9.04. The zero-order valence-corrected chi connectivity index (χ0v) is 11.4. The third kappa shape index (κ3) is 3.71. The van der Waals surface area contributed by atoms with E-state index in [0.717, 1.165) is 11.0 Å². The third-order valence-corrected chi connectivity index (χ3v) is 2.95. The number of hydrogen-bond acceptors (Lipinski definition) is 7. The van der Waals surface area contributed by atoms with Gasteiger partial charge in [0.15, 0.2) is 0 Å². The molecule has 0 saturated heterocycles. The van der Waals surface area contributed by atoms with Crippen molar-refractivity contribution in [2.24, 2.45) is 0 Å². The van der Waals surface area contributed by atoms with Crippen molar-refractivity contribution in [3.63, 3.8) is 0 Å². The molecule has 2 aromatic heterocycles. The van der Waals surface area contributed by atoms with Gasteiger partial charge in [0, 0.05) is 17.5 Å². The number of carboxylic acid groups (broad SMARTS) is 1. The molecular weight excluding hydrogens is 268 g/mol. The first kappa shape index (κ1) is 13.4. The predicted octanol–water partition coefficient (Wildman–Crippen LogP) is 0.950. The maximum atomic E-state index is 10.5. The van der Waals surface area contributed by atoms with Gasteiger partial charge in [-0.25, -0.2) is 9.67 Å². The van der Waals surface area contributed by atoms with Crippen molar-refractivity contribution < 1.29 is 9.90 Å². The molecule has 0 saturated carbocycles. The van der Waals surface area contributed by atoms with E-state index in [2.05, 4.69) is 25.0 Å². The summed E-state index contributed by atoms with van der Waals surface area (Å²) >= 11 is 1.29. The first-order valence-electron chi connectivity index (χ1n) is 5.73. The van der Waals surface area contributed by atoms with Crippen molar-refractivity contribution in [1.29, 1.82) is 0 Å². The Labute approximate surface area is 113 Å². The van der Waals surface area contributed by atoms with Crippen LogP contribution in [0.2, 0.25) is 0 Å². The predicted molar refractivity (Wildman–Crippen MR) is 69.0 cm³/mol. The number of nitrogens with zero attached hydrogens (tertiary/aromatic N) is 5. The lowest BCUT2D eigenvalue weighted by Gasteiger charge is -1.98. The molecule has 0 fully saturated rings. The number of aliphatic carboxylic acids is 1. The summed E-state index contributed by atoms with van der Waals surface area (Å²) in [5, 5.41) is 20.0. The fraction of sp³-hybridized carbons (Fsp3) is 0.500. The number of hydrogen-bond donors (Lipinski definition) is 2. The number of carboxylic acids is 1. The van der Waals surface area contributed by atoms with Crippen LogP contribution in [0.1, 0.15) is 31.3 Å². The molecule has 0 aromatic carbocycles. The molecule has 2 rings (SSSR count). The molecule has 0 spiro atoms. The second kappa shape index (κ2) is 5.74. The minimum atomic E-state index is -0.949. The molecule has 2 heterocycles. The largest absolute Gasteiger partial charge is 0.480 e. The van der Waals surface area contributed by atoms with Crippen LogP contribution in [0.25, 0.3) is 0 Å². The lowest BCUT2D eigenvalue weighted by Crippen LogP contribution is -2.09. The Kier molecular flexibility index (Phi) is 4.05. The highest BCUT2D eigenvalue weighted by atomic mass is 32.1. The van der Waals surface area contributed by atoms with Crippen LogP contribution in [-0.2, 0) is 17.9 Å². The van der Waals surface area contributed by atoms with E-state index in [1.165, 1.54) is 16.2 Å². The van der Waals surface area contributed by atoms with Gasteiger partial charge < -0.3 is 10.4 Å². The fourth-order valence-electron chi connectivity index (χ4n) is 1.34. The normalized spacial score (nSPS) is 10.9. The number of aromatic nitrogens is 5. The van der Waals surface area contributed by atoms with Gasteiger partial charge in [-0.1, -0.05) is 19.1 Å². The molecule has 2 aromatic rings. The molecule has 0 bridgehead atoms. The Morgan fingerprint density at radius 2 is 2.37 bits per heavy atom. The molecule has 9 heteroatoms. The van der Waals surface area contributed by atoms with Crippen molar-refractivity contribution >= 4 is 22.6 Å².